The summed E-state index contributed by atoms with van der Waals surface area (Å²) in [6.07, 6.45) is 8.63. The Balaban J connectivity index is 1.60. The Morgan fingerprint density at radius 1 is 1.04 bits per heavy atom. The van der Waals surface area contributed by atoms with Crippen molar-refractivity contribution in [1.29, 1.82) is 0 Å². The summed E-state index contributed by atoms with van der Waals surface area (Å²) in [5.74, 6) is 1.52. The molecule has 0 saturated heterocycles. The fraction of sp³-hybridized carbons (Fsp3) is 0.400. The average Bonchev–Trinajstić information content (AvgIpc) is 2.57. The van der Waals surface area contributed by atoms with Crippen molar-refractivity contribution in [3.63, 3.8) is 0 Å². The fourth-order valence-corrected chi connectivity index (χ4v) is 2.96. The van der Waals surface area contributed by atoms with Crippen LogP contribution >= 0.6 is 0 Å². The van der Waals surface area contributed by atoms with E-state index in [-0.39, 0.29) is 0 Å². The summed E-state index contributed by atoms with van der Waals surface area (Å²) in [5.41, 5.74) is 4.81. The first-order chi connectivity index (χ1) is 11.7. The second kappa shape index (κ2) is 7.95. The Kier molecular flexibility index (Phi) is 5.47. The van der Waals surface area contributed by atoms with Gasteiger partial charge in [-0.2, -0.15) is 4.98 Å². The summed E-state index contributed by atoms with van der Waals surface area (Å²) in [4.78, 5) is 9.07. The lowest BCUT2D eigenvalue weighted by Gasteiger charge is -2.13. The number of aryl methyl sites for hydroxylation is 2. The predicted octanol–water partition coefficient (Wildman–Crippen LogP) is 5.14. The van der Waals surface area contributed by atoms with Gasteiger partial charge in [-0.05, 0) is 58.1 Å². The van der Waals surface area contributed by atoms with Gasteiger partial charge in [0, 0.05) is 24.0 Å². The van der Waals surface area contributed by atoms with Crippen LogP contribution in [0, 0.1) is 13.8 Å². The van der Waals surface area contributed by atoms with Gasteiger partial charge >= 0.3 is 0 Å². The second-order valence-corrected chi connectivity index (χ2v) is 6.49. The first-order valence-corrected chi connectivity index (χ1v) is 8.80. The van der Waals surface area contributed by atoms with Crippen LogP contribution in [0.3, 0.4) is 0 Å². The Morgan fingerprint density at radius 2 is 1.88 bits per heavy atom. The summed E-state index contributed by atoms with van der Waals surface area (Å²) >= 11 is 0. The van der Waals surface area contributed by atoms with Crippen molar-refractivity contribution in [2.24, 2.45) is 0 Å². The Morgan fingerprint density at radius 3 is 2.62 bits per heavy atom. The van der Waals surface area contributed by atoms with Crippen LogP contribution in [0.15, 0.2) is 42.0 Å². The summed E-state index contributed by atoms with van der Waals surface area (Å²) in [6, 6.07) is 10.3. The molecule has 1 aromatic heterocycles. The molecule has 0 fully saturated rings. The fourth-order valence-electron chi connectivity index (χ4n) is 2.96. The lowest BCUT2D eigenvalue weighted by atomic mass is 9.97. The number of hydrogen-bond acceptors (Lipinski definition) is 4. The van der Waals surface area contributed by atoms with E-state index in [4.69, 9.17) is 0 Å². The highest BCUT2D eigenvalue weighted by Crippen LogP contribution is 2.20. The predicted molar refractivity (Wildman–Crippen MR) is 101 cm³/mol. The van der Waals surface area contributed by atoms with Crippen LogP contribution in [0.1, 0.15) is 43.4 Å². The van der Waals surface area contributed by atoms with Crippen LogP contribution in [0.4, 0.5) is 17.5 Å². The Bertz CT molecular complexity index is 704. The number of benzene rings is 1. The van der Waals surface area contributed by atoms with Crippen LogP contribution in [-0.2, 0) is 0 Å². The minimum atomic E-state index is 0.695. The van der Waals surface area contributed by atoms with Crippen molar-refractivity contribution in [1.82, 2.24) is 9.97 Å². The molecule has 0 atom stereocenters. The van der Waals surface area contributed by atoms with Gasteiger partial charge in [0.15, 0.2) is 0 Å². The first kappa shape index (κ1) is 16.5. The average molecular weight is 322 g/mol. The molecule has 0 unspecified atom stereocenters. The SMILES string of the molecule is Cc1ccc(Nc2cc(C)nc(NCCC3=CCCCC3)n2)cc1. The van der Waals surface area contributed by atoms with E-state index in [0.717, 1.165) is 30.2 Å². The molecule has 4 heteroatoms. The molecule has 1 aliphatic carbocycles. The largest absolute Gasteiger partial charge is 0.354 e. The first-order valence-electron chi connectivity index (χ1n) is 8.80. The molecule has 3 rings (SSSR count). The van der Waals surface area contributed by atoms with Gasteiger partial charge in [-0.1, -0.05) is 29.3 Å². The molecule has 126 valence electrons. The van der Waals surface area contributed by atoms with E-state index in [1.165, 1.54) is 31.2 Å². The summed E-state index contributed by atoms with van der Waals surface area (Å²) < 4.78 is 0. The van der Waals surface area contributed by atoms with E-state index in [1.54, 1.807) is 5.57 Å². The molecule has 1 aliphatic rings. The van der Waals surface area contributed by atoms with Gasteiger partial charge in [-0.25, -0.2) is 4.98 Å². The van der Waals surface area contributed by atoms with Crippen molar-refractivity contribution < 1.29 is 0 Å². The van der Waals surface area contributed by atoms with Gasteiger partial charge in [-0.3, -0.25) is 0 Å². The van der Waals surface area contributed by atoms with Crippen molar-refractivity contribution in [2.75, 3.05) is 17.2 Å². The van der Waals surface area contributed by atoms with Crippen LogP contribution in [0.5, 0.6) is 0 Å². The highest BCUT2D eigenvalue weighted by molar-refractivity contribution is 5.57. The third-order valence-corrected chi connectivity index (χ3v) is 4.29. The topological polar surface area (TPSA) is 49.8 Å². The maximum atomic E-state index is 4.58. The van der Waals surface area contributed by atoms with Crippen molar-refractivity contribution in [3.05, 3.63) is 53.2 Å². The van der Waals surface area contributed by atoms with Gasteiger partial charge in [0.25, 0.3) is 0 Å². The number of rotatable bonds is 6. The summed E-state index contributed by atoms with van der Waals surface area (Å²) in [5, 5.41) is 6.71. The smallest absolute Gasteiger partial charge is 0.224 e. The molecular weight excluding hydrogens is 296 g/mol. The third-order valence-electron chi connectivity index (χ3n) is 4.29. The van der Waals surface area contributed by atoms with Crippen LogP contribution in [-0.4, -0.2) is 16.5 Å². The van der Waals surface area contributed by atoms with Gasteiger partial charge in [0.2, 0.25) is 5.95 Å². The van der Waals surface area contributed by atoms with E-state index >= 15 is 0 Å². The quantitative estimate of drug-likeness (QED) is 0.723. The highest BCUT2D eigenvalue weighted by Gasteiger charge is 2.05. The Hall–Kier alpha value is -2.36. The third kappa shape index (κ3) is 4.82. The van der Waals surface area contributed by atoms with Gasteiger partial charge < -0.3 is 10.6 Å². The number of nitrogens with zero attached hydrogens (tertiary/aromatic N) is 2. The summed E-state index contributed by atoms with van der Waals surface area (Å²) in [7, 11) is 0. The molecule has 24 heavy (non-hydrogen) atoms. The molecule has 2 aromatic rings. The minimum Gasteiger partial charge on any atom is -0.354 e. The van der Waals surface area contributed by atoms with Crippen molar-refractivity contribution in [3.8, 4) is 0 Å². The molecule has 0 amide bonds. The zero-order chi connectivity index (χ0) is 16.8. The zero-order valence-corrected chi connectivity index (χ0v) is 14.6. The molecule has 2 N–H and O–H groups in total. The molecule has 0 spiro atoms. The molecular formula is C20H26N4. The van der Waals surface area contributed by atoms with E-state index in [1.807, 2.05) is 13.0 Å². The van der Waals surface area contributed by atoms with Crippen molar-refractivity contribution in [2.45, 2.75) is 46.0 Å². The van der Waals surface area contributed by atoms with Crippen LogP contribution < -0.4 is 10.6 Å². The molecule has 4 nitrogen and oxygen atoms in total. The lowest BCUT2D eigenvalue weighted by Crippen LogP contribution is -2.09. The maximum Gasteiger partial charge on any atom is 0.224 e. The summed E-state index contributed by atoms with van der Waals surface area (Å²) in [6.45, 7) is 4.97. The number of aromatic nitrogens is 2. The molecule has 1 heterocycles. The molecule has 0 saturated carbocycles. The normalized spacial score (nSPS) is 14.2. The second-order valence-electron chi connectivity index (χ2n) is 6.49. The maximum absolute atomic E-state index is 4.58. The monoisotopic (exact) mass is 322 g/mol. The molecule has 1 aromatic carbocycles. The van der Waals surface area contributed by atoms with Crippen LogP contribution in [0.25, 0.3) is 0 Å². The lowest BCUT2D eigenvalue weighted by molar-refractivity contribution is 0.679. The molecule has 0 radical (unpaired) electrons. The van der Waals surface area contributed by atoms with E-state index in [9.17, 15) is 0 Å². The highest BCUT2D eigenvalue weighted by atomic mass is 15.1. The van der Waals surface area contributed by atoms with E-state index < -0.39 is 0 Å². The Labute approximate surface area is 144 Å². The number of allylic oxidation sites excluding steroid dienone is 1. The standard InChI is InChI=1S/C20H26N4/c1-15-8-10-18(11-9-15)23-19-14-16(2)22-20(24-19)21-13-12-17-6-4-3-5-7-17/h6,8-11,14H,3-5,7,12-13H2,1-2H3,(H2,21,22,23,24). The van der Waals surface area contributed by atoms with Gasteiger partial charge in [0.1, 0.15) is 5.82 Å². The zero-order valence-electron chi connectivity index (χ0n) is 14.6. The van der Waals surface area contributed by atoms with Crippen molar-refractivity contribution >= 4 is 17.5 Å². The van der Waals surface area contributed by atoms with Gasteiger partial charge in [-0.15, -0.1) is 0 Å². The van der Waals surface area contributed by atoms with E-state index in [2.05, 4.69) is 57.9 Å². The molecule has 0 aliphatic heterocycles. The number of nitrogens with one attached hydrogen (secondary N) is 2. The number of hydrogen-bond donors (Lipinski definition) is 2. The molecule has 0 bridgehead atoms. The van der Waals surface area contributed by atoms with Crippen LogP contribution in [0.2, 0.25) is 0 Å². The minimum absolute atomic E-state index is 0.695. The van der Waals surface area contributed by atoms with Gasteiger partial charge in [0.05, 0.1) is 0 Å². The number of anilines is 3. The van der Waals surface area contributed by atoms with E-state index in [0.29, 0.717) is 5.95 Å².